The molecule has 1 heterocycles. The Morgan fingerprint density at radius 3 is 2.50 bits per heavy atom. The maximum Gasteiger partial charge on any atom is 0.170 e. The number of benzene rings is 1. The number of ketones is 1. The van der Waals surface area contributed by atoms with Crippen LogP contribution in [0.5, 0.6) is 0 Å². The topological polar surface area (TPSA) is 73.8 Å². The number of Topliss-reactive ketones (excluding diaryl/α,β-unsaturated/α-hetero) is 1. The largest absolute Gasteiger partial charge is 0.396 e. The summed E-state index contributed by atoms with van der Waals surface area (Å²) in [6, 6.07) is 3.17. The highest BCUT2D eigenvalue weighted by atomic mass is 35.5. The van der Waals surface area contributed by atoms with Gasteiger partial charge in [-0.15, -0.1) is 0 Å². The fraction of sp³-hybridized carbons (Fsp3) is 0.308. The van der Waals surface area contributed by atoms with E-state index < -0.39 is 0 Å². The van der Waals surface area contributed by atoms with Crippen LogP contribution in [0.1, 0.15) is 36.1 Å². The van der Waals surface area contributed by atoms with Gasteiger partial charge in [0.1, 0.15) is 12.2 Å². The summed E-state index contributed by atoms with van der Waals surface area (Å²) in [6.07, 6.45) is 1.57. The SMILES string of the molecule is CC(C)n1ncnc1CC(=O)c1cc(Cl)c(N)c(Cl)c1. The van der Waals surface area contributed by atoms with Crippen LogP contribution < -0.4 is 5.73 Å². The first kappa shape index (κ1) is 14.8. The Bertz CT molecular complexity index is 629. The predicted octanol–water partition coefficient (Wildman–Crippen LogP) is 3.17. The van der Waals surface area contributed by atoms with E-state index in [1.54, 1.807) is 4.68 Å². The number of aromatic nitrogens is 3. The van der Waals surface area contributed by atoms with Crippen LogP contribution in [0, 0.1) is 0 Å². The zero-order valence-electron chi connectivity index (χ0n) is 11.1. The Morgan fingerprint density at radius 1 is 1.35 bits per heavy atom. The average molecular weight is 313 g/mol. The first-order valence-corrected chi connectivity index (χ1v) is 6.82. The highest BCUT2D eigenvalue weighted by molar-refractivity contribution is 6.39. The number of nitrogens with zero attached hydrogens (tertiary/aromatic N) is 3. The molecular weight excluding hydrogens is 299 g/mol. The van der Waals surface area contributed by atoms with E-state index in [1.165, 1.54) is 18.5 Å². The minimum Gasteiger partial charge on any atom is -0.396 e. The molecule has 0 amide bonds. The van der Waals surface area contributed by atoms with Crippen molar-refractivity contribution in [2.75, 3.05) is 5.73 Å². The van der Waals surface area contributed by atoms with Crippen LogP contribution >= 0.6 is 23.2 Å². The van der Waals surface area contributed by atoms with Crippen LogP contribution in [0.4, 0.5) is 5.69 Å². The highest BCUT2D eigenvalue weighted by Crippen LogP contribution is 2.29. The van der Waals surface area contributed by atoms with E-state index in [4.69, 9.17) is 28.9 Å². The van der Waals surface area contributed by atoms with Crippen LogP contribution in [-0.4, -0.2) is 20.5 Å². The lowest BCUT2D eigenvalue weighted by molar-refractivity contribution is 0.0989. The lowest BCUT2D eigenvalue weighted by atomic mass is 10.1. The lowest BCUT2D eigenvalue weighted by Gasteiger charge is -2.09. The van der Waals surface area contributed by atoms with E-state index in [9.17, 15) is 4.79 Å². The maximum atomic E-state index is 12.3. The third-order valence-electron chi connectivity index (χ3n) is 2.86. The summed E-state index contributed by atoms with van der Waals surface area (Å²) >= 11 is 11.9. The Labute approximate surface area is 126 Å². The Kier molecular flexibility index (Phi) is 4.30. The van der Waals surface area contributed by atoms with Gasteiger partial charge < -0.3 is 5.73 Å². The van der Waals surface area contributed by atoms with Crippen molar-refractivity contribution in [1.29, 1.82) is 0 Å². The third-order valence-corrected chi connectivity index (χ3v) is 3.48. The van der Waals surface area contributed by atoms with Crippen LogP contribution in [-0.2, 0) is 6.42 Å². The molecule has 20 heavy (non-hydrogen) atoms. The molecule has 0 saturated carbocycles. The summed E-state index contributed by atoms with van der Waals surface area (Å²) in [4.78, 5) is 16.4. The van der Waals surface area contributed by atoms with Gasteiger partial charge in [-0.25, -0.2) is 9.67 Å². The molecule has 0 aliphatic rings. The van der Waals surface area contributed by atoms with Gasteiger partial charge in [-0.05, 0) is 26.0 Å². The summed E-state index contributed by atoms with van der Waals surface area (Å²) in [5.74, 6) is 0.470. The molecule has 2 aromatic rings. The molecule has 0 aliphatic heterocycles. The molecule has 106 valence electrons. The molecule has 1 aromatic carbocycles. The molecular formula is C13H14Cl2N4O. The van der Waals surface area contributed by atoms with Crippen molar-refractivity contribution in [3.8, 4) is 0 Å². The zero-order chi connectivity index (χ0) is 14.9. The number of nitrogens with two attached hydrogens (primary N) is 1. The molecule has 0 bridgehead atoms. The van der Waals surface area contributed by atoms with Gasteiger partial charge in [0.05, 0.1) is 22.2 Å². The zero-order valence-corrected chi connectivity index (χ0v) is 12.6. The van der Waals surface area contributed by atoms with Gasteiger partial charge in [0, 0.05) is 11.6 Å². The van der Waals surface area contributed by atoms with E-state index in [1.807, 2.05) is 13.8 Å². The monoisotopic (exact) mass is 312 g/mol. The van der Waals surface area contributed by atoms with E-state index >= 15 is 0 Å². The number of halogens is 2. The molecule has 0 fully saturated rings. The average Bonchev–Trinajstić information content (AvgIpc) is 2.83. The van der Waals surface area contributed by atoms with E-state index in [2.05, 4.69) is 10.1 Å². The summed E-state index contributed by atoms with van der Waals surface area (Å²) in [5.41, 5.74) is 6.33. The van der Waals surface area contributed by atoms with Gasteiger partial charge in [-0.1, -0.05) is 23.2 Å². The number of carbonyl (C=O) groups excluding carboxylic acids is 1. The molecule has 2 N–H and O–H groups in total. The van der Waals surface area contributed by atoms with E-state index in [-0.39, 0.29) is 34.0 Å². The number of nitrogen functional groups attached to an aromatic ring is 1. The van der Waals surface area contributed by atoms with E-state index in [0.29, 0.717) is 11.4 Å². The first-order valence-electron chi connectivity index (χ1n) is 6.06. The van der Waals surface area contributed by atoms with Crippen LogP contribution in [0.15, 0.2) is 18.5 Å². The fourth-order valence-corrected chi connectivity index (χ4v) is 2.31. The van der Waals surface area contributed by atoms with E-state index in [0.717, 1.165) is 0 Å². The molecule has 7 heteroatoms. The Morgan fingerprint density at radius 2 is 1.95 bits per heavy atom. The molecule has 5 nitrogen and oxygen atoms in total. The van der Waals surface area contributed by atoms with Gasteiger partial charge in [-0.2, -0.15) is 5.10 Å². The Hall–Kier alpha value is -1.59. The molecule has 2 rings (SSSR count). The number of rotatable bonds is 4. The smallest absolute Gasteiger partial charge is 0.170 e. The van der Waals surface area contributed by atoms with Gasteiger partial charge in [0.2, 0.25) is 0 Å². The minimum atomic E-state index is -0.135. The summed E-state index contributed by atoms with van der Waals surface area (Å²) < 4.78 is 1.71. The molecule has 1 aromatic heterocycles. The molecule has 0 saturated heterocycles. The molecule has 0 atom stereocenters. The van der Waals surface area contributed by atoms with Crippen molar-refractivity contribution in [3.63, 3.8) is 0 Å². The van der Waals surface area contributed by atoms with Crippen molar-refractivity contribution in [2.24, 2.45) is 0 Å². The standard InChI is InChI=1S/C13H14Cl2N4O/c1-7(2)19-12(17-6-18-19)5-11(20)8-3-9(14)13(16)10(15)4-8/h3-4,6-7H,5,16H2,1-2H3. The summed E-state index contributed by atoms with van der Waals surface area (Å²) in [5, 5.41) is 4.63. The number of hydrogen-bond acceptors (Lipinski definition) is 4. The van der Waals surface area contributed by atoms with Crippen molar-refractivity contribution < 1.29 is 4.79 Å². The third kappa shape index (κ3) is 2.94. The summed E-state index contributed by atoms with van der Waals surface area (Å²) in [7, 11) is 0. The normalized spacial score (nSPS) is 11.1. The minimum absolute atomic E-state index is 0.134. The van der Waals surface area contributed by atoms with Crippen molar-refractivity contribution in [2.45, 2.75) is 26.3 Å². The molecule has 0 radical (unpaired) electrons. The van der Waals surface area contributed by atoms with Crippen molar-refractivity contribution >= 4 is 34.7 Å². The Balaban J connectivity index is 2.26. The maximum absolute atomic E-state index is 12.3. The summed E-state index contributed by atoms with van der Waals surface area (Å²) in [6.45, 7) is 3.94. The number of anilines is 1. The second kappa shape index (κ2) is 5.81. The predicted molar refractivity (Wildman–Crippen MR) is 79.3 cm³/mol. The fourth-order valence-electron chi connectivity index (χ4n) is 1.82. The van der Waals surface area contributed by atoms with Crippen LogP contribution in [0.2, 0.25) is 10.0 Å². The van der Waals surface area contributed by atoms with Crippen LogP contribution in [0.3, 0.4) is 0 Å². The van der Waals surface area contributed by atoms with Crippen molar-refractivity contribution in [3.05, 3.63) is 39.9 Å². The highest BCUT2D eigenvalue weighted by Gasteiger charge is 2.16. The van der Waals surface area contributed by atoms with Gasteiger partial charge in [-0.3, -0.25) is 4.79 Å². The first-order chi connectivity index (χ1) is 9.40. The molecule has 0 aliphatic carbocycles. The second-order valence-electron chi connectivity index (χ2n) is 4.67. The quantitative estimate of drug-likeness (QED) is 0.695. The number of carbonyl (C=O) groups is 1. The van der Waals surface area contributed by atoms with Gasteiger partial charge in [0.25, 0.3) is 0 Å². The lowest BCUT2D eigenvalue weighted by Crippen LogP contribution is -2.13. The number of hydrogen-bond donors (Lipinski definition) is 1. The van der Waals surface area contributed by atoms with Gasteiger partial charge in [0.15, 0.2) is 5.78 Å². The molecule has 0 unspecified atom stereocenters. The molecule has 0 spiro atoms. The van der Waals surface area contributed by atoms with Crippen LogP contribution in [0.25, 0.3) is 0 Å². The van der Waals surface area contributed by atoms with Gasteiger partial charge >= 0.3 is 0 Å². The van der Waals surface area contributed by atoms with Crippen molar-refractivity contribution in [1.82, 2.24) is 14.8 Å². The second-order valence-corrected chi connectivity index (χ2v) is 5.48.